The highest BCUT2D eigenvalue weighted by atomic mass is 35.5. The fourth-order valence-corrected chi connectivity index (χ4v) is 4.33. The Labute approximate surface area is 133 Å². The molecule has 0 radical (unpaired) electrons. The van der Waals surface area contributed by atoms with Gasteiger partial charge in [-0.15, -0.1) is 11.6 Å². The van der Waals surface area contributed by atoms with Gasteiger partial charge in [0.2, 0.25) is 10.0 Å². The lowest BCUT2D eigenvalue weighted by molar-refractivity contribution is 0.457. The van der Waals surface area contributed by atoms with E-state index in [9.17, 15) is 8.42 Å². The van der Waals surface area contributed by atoms with Gasteiger partial charge >= 0.3 is 0 Å². The van der Waals surface area contributed by atoms with Crippen molar-refractivity contribution >= 4 is 21.6 Å². The smallest absolute Gasteiger partial charge is 0.211 e. The van der Waals surface area contributed by atoms with Crippen molar-refractivity contribution in [3.05, 3.63) is 29.8 Å². The minimum atomic E-state index is -3.43. The molecule has 0 unspecified atom stereocenters. The SMILES string of the molecule is CC1(C)C(CNS(=O)(=O)c2ccc(CCCl)cc2)C1(C)C. The summed E-state index contributed by atoms with van der Waals surface area (Å²) < 4.78 is 27.4. The van der Waals surface area contributed by atoms with E-state index < -0.39 is 10.0 Å². The lowest BCUT2D eigenvalue weighted by Crippen LogP contribution is -2.27. The minimum absolute atomic E-state index is 0.180. The van der Waals surface area contributed by atoms with Gasteiger partial charge in [-0.05, 0) is 40.9 Å². The van der Waals surface area contributed by atoms with Gasteiger partial charge in [-0.1, -0.05) is 39.8 Å². The number of nitrogens with one attached hydrogen (secondary N) is 1. The van der Waals surface area contributed by atoms with Crippen LogP contribution in [0.1, 0.15) is 33.3 Å². The molecule has 118 valence electrons. The lowest BCUT2D eigenvalue weighted by Gasteiger charge is -2.08. The van der Waals surface area contributed by atoms with Crippen LogP contribution in [0.15, 0.2) is 29.2 Å². The molecule has 1 fully saturated rings. The van der Waals surface area contributed by atoms with E-state index in [1.807, 2.05) is 12.1 Å². The third-order valence-electron chi connectivity index (χ3n) is 5.41. The molecule has 0 amide bonds. The zero-order chi connectivity index (χ0) is 15.9. The van der Waals surface area contributed by atoms with Gasteiger partial charge in [-0.3, -0.25) is 0 Å². The van der Waals surface area contributed by atoms with Gasteiger partial charge in [0.05, 0.1) is 4.90 Å². The molecular formula is C16H24ClNO2S. The van der Waals surface area contributed by atoms with Crippen molar-refractivity contribution in [2.75, 3.05) is 12.4 Å². The maximum atomic E-state index is 12.3. The van der Waals surface area contributed by atoms with Gasteiger partial charge < -0.3 is 0 Å². The van der Waals surface area contributed by atoms with Crippen molar-refractivity contribution < 1.29 is 8.42 Å². The molecule has 0 bridgehead atoms. The van der Waals surface area contributed by atoms with Gasteiger partial charge in [-0.2, -0.15) is 0 Å². The monoisotopic (exact) mass is 329 g/mol. The van der Waals surface area contributed by atoms with Crippen LogP contribution in [-0.2, 0) is 16.4 Å². The average Bonchev–Trinajstić information content (AvgIpc) is 2.78. The summed E-state index contributed by atoms with van der Waals surface area (Å²) in [5, 5.41) is 0. The van der Waals surface area contributed by atoms with Gasteiger partial charge in [-0.25, -0.2) is 13.1 Å². The molecule has 5 heteroatoms. The second-order valence-electron chi connectivity index (χ2n) is 6.93. The van der Waals surface area contributed by atoms with Gasteiger partial charge in [0, 0.05) is 12.4 Å². The number of hydrogen-bond donors (Lipinski definition) is 1. The van der Waals surface area contributed by atoms with E-state index in [-0.39, 0.29) is 10.8 Å². The summed E-state index contributed by atoms with van der Waals surface area (Å²) in [4.78, 5) is 0.317. The number of alkyl halides is 1. The number of halogens is 1. The third-order valence-corrected chi connectivity index (χ3v) is 7.04. The van der Waals surface area contributed by atoms with Crippen LogP contribution in [0.3, 0.4) is 0 Å². The maximum Gasteiger partial charge on any atom is 0.240 e. The molecule has 1 aromatic carbocycles. The van der Waals surface area contributed by atoms with Crippen LogP contribution in [0.25, 0.3) is 0 Å². The quantitative estimate of drug-likeness (QED) is 0.813. The third kappa shape index (κ3) is 3.13. The lowest BCUT2D eigenvalue weighted by atomic mass is 10.0. The molecule has 0 heterocycles. The van der Waals surface area contributed by atoms with E-state index in [1.54, 1.807) is 12.1 Å². The summed E-state index contributed by atoms with van der Waals surface area (Å²) in [7, 11) is -3.43. The molecular weight excluding hydrogens is 306 g/mol. The first-order chi connectivity index (χ1) is 9.63. The Morgan fingerprint density at radius 3 is 2.05 bits per heavy atom. The van der Waals surface area contributed by atoms with Crippen molar-refractivity contribution in [1.82, 2.24) is 4.72 Å². The second-order valence-corrected chi connectivity index (χ2v) is 9.08. The van der Waals surface area contributed by atoms with E-state index in [4.69, 9.17) is 11.6 Å². The largest absolute Gasteiger partial charge is 0.240 e. The Morgan fingerprint density at radius 1 is 1.10 bits per heavy atom. The topological polar surface area (TPSA) is 46.2 Å². The highest BCUT2D eigenvalue weighted by molar-refractivity contribution is 7.89. The number of rotatable bonds is 6. The van der Waals surface area contributed by atoms with Crippen LogP contribution in [-0.4, -0.2) is 20.8 Å². The predicted octanol–water partition coefficient (Wildman–Crippen LogP) is 3.43. The molecule has 0 spiro atoms. The predicted molar refractivity (Wildman–Crippen MR) is 87.1 cm³/mol. The first-order valence-electron chi connectivity index (χ1n) is 7.27. The van der Waals surface area contributed by atoms with E-state index >= 15 is 0 Å². The standard InChI is InChI=1S/C16H24ClNO2S/c1-15(2)14(16(15,3)4)11-18-21(19,20)13-7-5-12(6-8-13)9-10-17/h5-8,14,18H,9-11H2,1-4H3. The number of sulfonamides is 1. The molecule has 0 saturated heterocycles. The van der Waals surface area contributed by atoms with Crippen LogP contribution >= 0.6 is 11.6 Å². The van der Waals surface area contributed by atoms with Crippen molar-refractivity contribution in [3.8, 4) is 0 Å². The van der Waals surface area contributed by atoms with Crippen molar-refractivity contribution in [2.24, 2.45) is 16.7 Å². The summed E-state index contributed by atoms with van der Waals surface area (Å²) in [5.74, 6) is 0.909. The minimum Gasteiger partial charge on any atom is -0.211 e. The van der Waals surface area contributed by atoms with Crippen LogP contribution in [0.4, 0.5) is 0 Å². The van der Waals surface area contributed by atoms with Gasteiger partial charge in [0.15, 0.2) is 0 Å². The molecule has 0 atom stereocenters. The Kier molecular flexibility index (Phi) is 4.45. The highest BCUT2D eigenvalue weighted by Crippen LogP contribution is 2.67. The molecule has 0 aromatic heterocycles. The van der Waals surface area contributed by atoms with E-state index in [0.29, 0.717) is 23.2 Å². The Bertz CT molecular complexity index is 592. The first kappa shape index (κ1) is 16.8. The zero-order valence-corrected chi connectivity index (χ0v) is 14.7. The summed E-state index contributed by atoms with van der Waals surface area (Å²) in [6.45, 7) is 9.24. The fraction of sp³-hybridized carbons (Fsp3) is 0.625. The molecule has 1 aliphatic rings. The van der Waals surface area contributed by atoms with E-state index in [1.165, 1.54) is 0 Å². The van der Waals surface area contributed by atoms with Crippen molar-refractivity contribution in [2.45, 2.75) is 39.0 Å². The summed E-state index contributed by atoms with van der Waals surface area (Å²) in [5.41, 5.74) is 1.41. The molecule has 0 aliphatic heterocycles. The highest BCUT2D eigenvalue weighted by Gasteiger charge is 2.64. The molecule has 21 heavy (non-hydrogen) atoms. The Balaban J connectivity index is 2.03. The fourth-order valence-electron chi connectivity index (χ4n) is 3.06. The Morgan fingerprint density at radius 2 is 1.62 bits per heavy atom. The normalized spacial score (nSPS) is 20.4. The molecule has 1 aliphatic carbocycles. The summed E-state index contributed by atoms with van der Waals surface area (Å²) in [6, 6.07) is 6.94. The molecule has 1 N–H and O–H groups in total. The Hall–Kier alpha value is -0.580. The number of hydrogen-bond acceptors (Lipinski definition) is 2. The number of benzene rings is 1. The summed E-state index contributed by atoms with van der Waals surface area (Å²) in [6.07, 6.45) is 0.750. The average molecular weight is 330 g/mol. The number of aryl methyl sites for hydroxylation is 1. The van der Waals surface area contributed by atoms with Crippen LogP contribution in [0.5, 0.6) is 0 Å². The van der Waals surface area contributed by atoms with Gasteiger partial charge in [0.1, 0.15) is 0 Å². The van der Waals surface area contributed by atoms with Crippen molar-refractivity contribution in [1.29, 1.82) is 0 Å². The van der Waals surface area contributed by atoms with E-state index in [0.717, 1.165) is 12.0 Å². The molecule has 1 aromatic rings. The van der Waals surface area contributed by atoms with Crippen LogP contribution < -0.4 is 4.72 Å². The van der Waals surface area contributed by atoms with E-state index in [2.05, 4.69) is 32.4 Å². The van der Waals surface area contributed by atoms with Crippen LogP contribution in [0.2, 0.25) is 0 Å². The van der Waals surface area contributed by atoms with Crippen LogP contribution in [0, 0.1) is 16.7 Å². The molecule has 1 saturated carbocycles. The molecule has 3 nitrogen and oxygen atoms in total. The first-order valence-corrected chi connectivity index (χ1v) is 9.29. The summed E-state index contributed by atoms with van der Waals surface area (Å²) >= 11 is 5.68. The van der Waals surface area contributed by atoms with Crippen molar-refractivity contribution in [3.63, 3.8) is 0 Å². The second kappa shape index (κ2) is 5.56. The maximum absolute atomic E-state index is 12.3. The zero-order valence-electron chi connectivity index (χ0n) is 13.1. The van der Waals surface area contributed by atoms with Gasteiger partial charge in [0.25, 0.3) is 0 Å². The molecule has 2 rings (SSSR count).